The summed E-state index contributed by atoms with van der Waals surface area (Å²) in [7, 11) is 0. The zero-order valence-corrected chi connectivity index (χ0v) is 19.8. The van der Waals surface area contributed by atoms with Crippen molar-refractivity contribution in [3.8, 4) is 0 Å². The number of nitrogens with zero attached hydrogens (tertiary/aromatic N) is 3. The molecule has 1 saturated heterocycles. The van der Waals surface area contributed by atoms with Crippen LogP contribution in [0.1, 0.15) is 78.8 Å². The van der Waals surface area contributed by atoms with Crippen molar-refractivity contribution in [2.24, 2.45) is 5.41 Å². The van der Waals surface area contributed by atoms with Gasteiger partial charge in [-0.05, 0) is 43.2 Å². The lowest BCUT2D eigenvalue weighted by Gasteiger charge is -2.33. The van der Waals surface area contributed by atoms with Crippen LogP contribution in [0.4, 0.5) is 13.2 Å². The average Bonchev–Trinajstić information content (AvgIpc) is 3.06. The summed E-state index contributed by atoms with van der Waals surface area (Å²) in [6.45, 7) is 7.32. The van der Waals surface area contributed by atoms with Gasteiger partial charge < -0.3 is 9.80 Å². The second kappa shape index (κ2) is 9.07. The summed E-state index contributed by atoms with van der Waals surface area (Å²) in [6.07, 6.45) is -1.98. The molecule has 9 heteroatoms. The zero-order valence-electron chi connectivity index (χ0n) is 19.8. The Balaban J connectivity index is 1.49. The number of aromatic amines is 1. The molecule has 1 aromatic heterocycles. The fraction of sp³-hybridized carbons (Fsp3) is 0.560. The Morgan fingerprint density at radius 2 is 1.71 bits per heavy atom. The molecule has 4 rings (SSSR count). The molecule has 1 aromatic carbocycles. The predicted molar refractivity (Wildman–Crippen MR) is 121 cm³/mol. The van der Waals surface area contributed by atoms with Gasteiger partial charge in [0, 0.05) is 42.9 Å². The Labute approximate surface area is 197 Å². The summed E-state index contributed by atoms with van der Waals surface area (Å²) >= 11 is 0. The first-order valence-corrected chi connectivity index (χ1v) is 11.8. The van der Waals surface area contributed by atoms with Crippen molar-refractivity contribution < 1.29 is 22.8 Å². The SMILES string of the molecule is CC(C)(C)C(=O)N1CCCc2[nH]nc(C(=O)N3CCC(c4ccccc4C(F)(F)F)CC3)c2C1. The van der Waals surface area contributed by atoms with E-state index in [0.29, 0.717) is 56.7 Å². The van der Waals surface area contributed by atoms with Crippen molar-refractivity contribution >= 4 is 11.8 Å². The number of aromatic nitrogens is 2. The first kappa shape index (κ1) is 24.3. The first-order valence-electron chi connectivity index (χ1n) is 11.8. The predicted octanol–water partition coefficient (Wildman–Crippen LogP) is 4.77. The van der Waals surface area contributed by atoms with E-state index in [1.807, 2.05) is 20.8 Å². The van der Waals surface area contributed by atoms with Crippen LogP contribution in [0.3, 0.4) is 0 Å². The van der Waals surface area contributed by atoms with E-state index in [-0.39, 0.29) is 17.7 Å². The van der Waals surface area contributed by atoms with Gasteiger partial charge in [0.05, 0.1) is 5.56 Å². The number of aryl methyl sites for hydroxylation is 1. The lowest BCUT2D eigenvalue weighted by atomic mass is 9.86. The van der Waals surface area contributed by atoms with Gasteiger partial charge >= 0.3 is 6.18 Å². The molecule has 0 unspecified atom stereocenters. The number of hydrogen-bond acceptors (Lipinski definition) is 3. The van der Waals surface area contributed by atoms with Gasteiger partial charge in [-0.2, -0.15) is 18.3 Å². The Bertz CT molecular complexity index is 1060. The number of carbonyl (C=O) groups is 2. The van der Waals surface area contributed by atoms with Crippen LogP contribution in [0.25, 0.3) is 0 Å². The average molecular weight is 477 g/mol. The Kier molecular flexibility index (Phi) is 6.48. The largest absolute Gasteiger partial charge is 0.416 e. The molecule has 34 heavy (non-hydrogen) atoms. The standard InChI is InChI=1S/C25H31F3N4O2/c1-24(2,3)23(34)32-12-6-9-20-18(15-32)21(30-29-20)22(33)31-13-10-16(11-14-31)17-7-4-5-8-19(17)25(26,27)28/h4-5,7-8,16H,6,9-15H2,1-3H3,(H,29,30). The number of H-pyrrole nitrogens is 1. The van der Waals surface area contributed by atoms with Crippen LogP contribution in [-0.2, 0) is 23.9 Å². The highest BCUT2D eigenvalue weighted by Gasteiger charge is 2.37. The van der Waals surface area contributed by atoms with Crippen LogP contribution >= 0.6 is 0 Å². The van der Waals surface area contributed by atoms with E-state index < -0.39 is 17.2 Å². The molecule has 0 saturated carbocycles. The van der Waals surface area contributed by atoms with Gasteiger partial charge in [-0.25, -0.2) is 0 Å². The second-order valence-electron chi connectivity index (χ2n) is 10.3. The van der Waals surface area contributed by atoms with Gasteiger partial charge in [0.25, 0.3) is 5.91 Å². The van der Waals surface area contributed by atoms with Gasteiger partial charge in [0.15, 0.2) is 5.69 Å². The van der Waals surface area contributed by atoms with Gasteiger partial charge in [0.2, 0.25) is 5.91 Å². The molecule has 0 atom stereocenters. The zero-order chi connectivity index (χ0) is 24.7. The van der Waals surface area contributed by atoms with Crippen molar-refractivity contribution in [1.29, 1.82) is 0 Å². The molecule has 6 nitrogen and oxygen atoms in total. The minimum atomic E-state index is -4.40. The monoisotopic (exact) mass is 476 g/mol. The topological polar surface area (TPSA) is 69.3 Å². The first-order chi connectivity index (χ1) is 16.0. The molecular formula is C25H31F3N4O2. The number of amides is 2. The van der Waals surface area contributed by atoms with Crippen molar-refractivity contribution in [3.63, 3.8) is 0 Å². The number of fused-ring (bicyclic) bond motifs is 1. The number of likely N-dealkylation sites (tertiary alicyclic amines) is 1. The molecule has 1 fully saturated rings. The van der Waals surface area contributed by atoms with Crippen molar-refractivity contribution in [2.45, 2.75) is 65.1 Å². The van der Waals surface area contributed by atoms with Crippen LogP contribution in [-0.4, -0.2) is 51.4 Å². The van der Waals surface area contributed by atoms with Crippen LogP contribution in [0.5, 0.6) is 0 Å². The molecule has 0 aliphatic carbocycles. The number of benzene rings is 1. The molecule has 2 amide bonds. The number of hydrogen-bond donors (Lipinski definition) is 1. The van der Waals surface area contributed by atoms with Gasteiger partial charge in [-0.15, -0.1) is 0 Å². The highest BCUT2D eigenvalue weighted by molar-refractivity contribution is 5.94. The molecule has 2 aliphatic rings. The summed E-state index contributed by atoms with van der Waals surface area (Å²) in [5.41, 5.74) is 1.13. The van der Waals surface area contributed by atoms with E-state index in [4.69, 9.17) is 0 Å². The maximum absolute atomic E-state index is 13.4. The van der Waals surface area contributed by atoms with Gasteiger partial charge in [-0.1, -0.05) is 39.0 Å². The molecule has 0 spiro atoms. The van der Waals surface area contributed by atoms with Gasteiger partial charge in [-0.3, -0.25) is 14.7 Å². The van der Waals surface area contributed by atoms with E-state index in [9.17, 15) is 22.8 Å². The van der Waals surface area contributed by atoms with Crippen LogP contribution in [0, 0.1) is 5.41 Å². The van der Waals surface area contributed by atoms with Crippen molar-refractivity contribution in [2.75, 3.05) is 19.6 Å². The molecule has 1 N–H and O–H groups in total. The summed E-state index contributed by atoms with van der Waals surface area (Å²) in [6, 6.07) is 5.70. The third-order valence-electron chi connectivity index (χ3n) is 6.78. The fourth-order valence-electron chi connectivity index (χ4n) is 4.97. The third kappa shape index (κ3) is 4.83. The minimum Gasteiger partial charge on any atom is -0.338 e. The Morgan fingerprint density at radius 1 is 1.03 bits per heavy atom. The molecule has 0 radical (unpaired) electrons. The minimum absolute atomic E-state index is 0.0316. The summed E-state index contributed by atoms with van der Waals surface area (Å²) in [4.78, 5) is 29.7. The fourth-order valence-corrected chi connectivity index (χ4v) is 4.97. The van der Waals surface area contributed by atoms with Gasteiger partial charge in [0.1, 0.15) is 0 Å². The number of rotatable bonds is 2. The van der Waals surface area contributed by atoms with Crippen molar-refractivity contribution in [1.82, 2.24) is 20.0 Å². The lowest BCUT2D eigenvalue weighted by molar-refractivity contribution is -0.140. The lowest BCUT2D eigenvalue weighted by Crippen LogP contribution is -2.40. The van der Waals surface area contributed by atoms with Crippen LogP contribution in [0.15, 0.2) is 24.3 Å². The van der Waals surface area contributed by atoms with E-state index in [1.54, 1.807) is 21.9 Å². The molecular weight excluding hydrogens is 445 g/mol. The number of alkyl halides is 3. The number of halogens is 3. The summed E-state index contributed by atoms with van der Waals surface area (Å²) in [5, 5.41) is 7.27. The summed E-state index contributed by atoms with van der Waals surface area (Å²) < 4.78 is 40.3. The van der Waals surface area contributed by atoms with Crippen LogP contribution in [0.2, 0.25) is 0 Å². The third-order valence-corrected chi connectivity index (χ3v) is 6.78. The number of nitrogens with one attached hydrogen (secondary N) is 1. The number of carbonyl (C=O) groups excluding carboxylic acids is 2. The maximum atomic E-state index is 13.4. The normalized spacial score (nSPS) is 17.9. The highest BCUT2D eigenvalue weighted by atomic mass is 19.4. The maximum Gasteiger partial charge on any atom is 0.416 e. The van der Waals surface area contributed by atoms with Crippen molar-refractivity contribution in [3.05, 3.63) is 52.3 Å². The molecule has 0 bridgehead atoms. The molecule has 2 aliphatic heterocycles. The second-order valence-corrected chi connectivity index (χ2v) is 10.3. The van der Waals surface area contributed by atoms with E-state index >= 15 is 0 Å². The summed E-state index contributed by atoms with van der Waals surface area (Å²) in [5.74, 6) is -0.452. The Hall–Kier alpha value is -2.84. The molecule has 184 valence electrons. The van der Waals surface area contributed by atoms with E-state index in [1.165, 1.54) is 6.07 Å². The van der Waals surface area contributed by atoms with E-state index in [0.717, 1.165) is 23.7 Å². The number of piperidine rings is 1. The Morgan fingerprint density at radius 3 is 2.35 bits per heavy atom. The van der Waals surface area contributed by atoms with Crippen LogP contribution < -0.4 is 0 Å². The quantitative estimate of drug-likeness (QED) is 0.679. The smallest absolute Gasteiger partial charge is 0.338 e. The highest BCUT2D eigenvalue weighted by Crippen LogP contribution is 2.39. The molecule has 2 aromatic rings. The van der Waals surface area contributed by atoms with E-state index in [2.05, 4.69) is 10.2 Å². The molecule has 3 heterocycles.